The Balaban J connectivity index is 1.59. The van der Waals surface area contributed by atoms with Crippen molar-refractivity contribution < 1.29 is 34.8 Å². The lowest BCUT2D eigenvalue weighted by molar-refractivity contribution is -0.139. The van der Waals surface area contributed by atoms with E-state index in [0.29, 0.717) is 12.2 Å². The van der Waals surface area contributed by atoms with E-state index in [9.17, 15) is 4.79 Å². The second-order valence-electron chi connectivity index (χ2n) is 6.94. The van der Waals surface area contributed by atoms with E-state index >= 15 is 0 Å². The Morgan fingerprint density at radius 3 is 2.91 bits per heavy atom. The summed E-state index contributed by atoms with van der Waals surface area (Å²) in [7, 11) is 1.47. The Morgan fingerprint density at radius 1 is 1.31 bits per heavy atom. The molecule has 7 heteroatoms. The molecule has 1 atom stereocenters. The van der Waals surface area contributed by atoms with E-state index in [2.05, 4.69) is 4.98 Å². The number of ether oxygens (including phenoxy) is 2. The summed E-state index contributed by atoms with van der Waals surface area (Å²) in [5.41, 5.74) is 0.614. The molecule has 6 nitrogen and oxygen atoms in total. The van der Waals surface area contributed by atoms with E-state index in [0.717, 1.165) is 15.6 Å². The third-order valence-corrected chi connectivity index (χ3v) is 5.84. The highest BCUT2D eigenvalue weighted by Crippen LogP contribution is 2.34. The quantitative estimate of drug-likeness (QED) is 0.336. The number of hydrogen-bond acceptors (Lipinski definition) is 6. The topological polar surface area (TPSA) is 81.8 Å². The lowest BCUT2D eigenvalue weighted by Crippen LogP contribution is -2.18. The number of benzene rings is 2. The maximum atomic E-state index is 11.1. The number of thiophene rings is 1. The number of rotatable bonds is 10. The number of aromatic nitrogens is 1. The first-order chi connectivity index (χ1) is 18.8. The predicted octanol–water partition coefficient (Wildman–Crippen LogP) is 5.52. The van der Waals surface area contributed by atoms with Gasteiger partial charge < -0.3 is 19.0 Å². The molecule has 0 radical (unpaired) electrons. The first-order valence-corrected chi connectivity index (χ1v) is 10.6. The van der Waals surface area contributed by atoms with Crippen LogP contribution < -0.4 is 4.74 Å². The summed E-state index contributed by atoms with van der Waals surface area (Å²) in [6, 6.07) is 2.61. The third-order valence-electron chi connectivity index (χ3n) is 4.85. The van der Waals surface area contributed by atoms with Crippen LogP contribution in [0.1, 0.15) is 34.4 Å². The number of hydrogen-bond donors (Lipinski definition) is 1. The zero-order valence-corrected chi connectivity index (χ0v) is 18.0. The van der Waals surface area contributed by atoms with Gasteiger partial charge in [-0.3, -0.25) is 4.79 Å². The number of carboxylic acid groups (broad SMARTS) is 1. The molecule has 2 heterocycles. The molecule has 166 valence electrons. The molecule has 0 saturated heterocycles. The summed E-state index contributed by atoms with van der Waals surface area (Å²) in [5, 5.41) is 11.8. The number of carbonyl (C=O) groups is 1. The summed E-state index contributed by atoms with van der Waals surface area (Å²) in [6.07, 6.45) is -0.206. The molecule has 4 aromatic rings. The minimum absolute atomic E-state index is 0.00756. The lowest BCUT2D eigenvalue weighted by Gasteiger charge is -2.15. The smallest absolute Gasteiger partial charge is 0.305 e. The van der Waals surface area contributed by atoms with Crippen molar-refractivity contribution in [2.45, 2.75) is 32.2 Å². The molecule has 0 amide bonds. The summed E-state index contributed by atoms with van der Waals surface area (Å²) < 4.78 is 81.1. The molecule has 0 fully saturated rings. The van der Waals surface area contributed by atoms with E-state index in [4.69, 9.17) is 30.0 Å². The van der Waals surface area contributed by atoms with Gasteiger partial charge in [0.1, 0.15) is 11.5 Å². The van der Waals surface area contributed by atoms with Gasteiger partial charge in [-0.15, -0.1) is 11.3 Å². The SMILES string of the molecule is [2H]c1c([2H])c([2H])c(-c2nc(CCOc3ccc(C[C@@H](CC(=O)O)OC)c4sccc34)c(C([2H])([2H])[2H])o2)c([2H])c1[2H]. The fraction of sp³-hybridized carbons (Fsp3) is 0.280. The number of oxazole rings is 1. The van der Waals surface area contributed by atoms with Crippen LogP contribution in [0.15, 0.2) is 58.2 Å². The highest BCUT2D eigenvalue weighted by molar-refractivity contribution is 7.17. The Morgan fingerprint density at radius 2 is 2.16 bits per heavy atom. The zero-order valence-electron chi connectivity index (χ0n) is 25.2. The molecular weight excluding hydrogens is 426 g/mol. The number of aliphatic carboxylic acids is 1. The Labute approximate surface area is 201 Å². The summed E-state index contributed by atoms with van der Waals surface area (Å²) in [5.74, 6) is -1.24. The van der Waals surface area contributed by atoms with Crippen molar-refractivity contribution in [1.82, 2.24) is 4.98 Å². The van der Waals surface area contributed by atoms with Crippen LogP contribution in [0, 0.1) is 6.85 Å². The normalized spacial score (nSPS) is 16.2. The van der Waals surface area contributed by atoms with Crippen molar-refractivity contribution in [3.05, 3.63) is 70.8 Å². The van der Waals surface area contributed by atoms with Crippen LogP contribution in [0.4, 0.5) is 0 Å². The molecule has 2 aromatic heterocycles. The van der Waals surface area contributed by atoms with Crippen LogP contribution in [0.5, 0.6) is 5.75 Å². The van der Waals surface area contributed by atoms with Crippen LogP contribution in [-0.4, -0.2) is 35.9 Å². The Bertz CT molecular complexity index is 1540. The number of methoxy groups -OCH3 is 1. The van der Waals surface area contributed by atoms with E-state index in [1.54, 1.807) is 6.07 Å². The maximum absolute atomic E-state index is 11.1. The minimum atomic E-state index is -2.70. The fourth-order valence-corrected chi connectivity index (χ4v) is 4.24. The average Bonchev–Trinajstić information content (AvgIpc) is 3.55. The van der Waals surface area contributed by atoms with Gasteiger partial charge in [-0.25, -0.2) is 4.98 Å². The monoisotopic (exact) mass is 459 g/mol. The van der Waals surface area contributed by atoms with Crippen molar-refractivity contribution in [1.29, 1.82) is 0 Å². The zero-order chi connectivity index (χ0) is 29.4. The molecule has 1 N–H and O–H groups in total. The molecule has 0 unspecified atom stereocenters. The second-order valence-corrected chi connectivity index (χ2v) is 7.86. The molecule has 2 aromatic carbocycles. The minimum Gasteiger partial charge on any atom is -0.493 e. The van der Waals surface area contributed by atoms with Crippen LogP contribution in [-0.2, 0) is 22.4 Å². The first-order valence-electron chi connectivity index (χ1n) is 13.8. The van der Waals surface area contributed by atoms with Gasteiger partial charge >= 0.3 is 5.97 Å². The summed E-state index contributed by atoms with van der Waals surface area (Å²) in [4.78, 5) is 15.3. The maximum Gasteiger partial charge on any atom is 0.305 e. The number of fused-ring (bicyclic) bond motifs is 1. The van der Waals surface area contributed by atoms with Gasteiger partial charge in [-0.05, 0) is 42.0 Å². The van der Waals surface area contributed by atoms with Crippen molar-refractivity contribution >= 4 is 27.4 Å². The van der Waals surface area contributed by atoms with Gasteiger partial charge in [-0.2, -0.15) is 0 Å². The molecule has 0 aliphatic carbocycles. The van der Waals surface area contributed by atoms with Crippen LogP contribution in [0.3, 0.4) is 0 Å². The lowest BCUT2D eigenvalue weighted by atomic mass is 10.0. The summed E-state index contributed by atoms with van der Waals surface area (Å²) in [6.45, 7) is -2.69. The highest BCUT2D eigenvalue weighted by Gasteiger charge is 2.17. The van der Waals surface area contributed by atoms with Gasteiger partial charge in [0.25, 0.3) is 0 Å². The molecule has 4 rings (SSSR count). The van der Waals surface area contributed by atoms with E-state index in [1.807, 2.05) is 17.5 Å². The third kappa shape index (κ3) is 5.00. The van der Waals surface area contributed by atoms with Crippen LogP contribution in [0.2, 0.25) is 0 Å². The van der Waals surface area contributed by atoms with Gasteiger partial charge in [0.2, 0.25) is 5.89 Å². The van der Waals surface area contributed by atoms with E-state index in [1.165, 1.54) is 18.4 Å². The van der Waals surface area contributed by atoms with E-state index in [-0.39, 0.29) is 36.6 Å². The van der Waals surface area contributed by atoms with Gasteiger partial charge in [-0.1, -0.05) is 24.2 Å². The molecule has 0 saturated carbocycles. The van der Waals surface area contributed by atoms with E-state index < -0.39 is 54.9 Å². The molecular formula is C25H25NO5S. The average molecular weight is 460 g/mol. The van der Waals surface area contributed by atoms with Gasteiger partial charge in [0.15, 0.2) is 0 Å². The molecule has 0 aliphatic heterocycles. The molecule has 0 bridgehead atoms. The Kier molecular flexibility index (Phi) is 4.39. The fourth-order valence-electron chi connectivity index (χ4n) is 3.30. The molecule has 32 heavy (non-hydrogen) atoms. The van der Waals surface area contributed by atoms with Crippen molar-refractivity contribution in [3.8, 4) is 17.2 Å². The van der Waals surface area contributed by atoms with Crippen molar-refractivity contribution in [2.24, 2.45) is 0 Å². The number of aryl methyl sites for hydroxylation is 1. The molecule has 0 spiro atoms. The van der Waals surface area contributed by atoms with Gasteiger partial charge in [0.05, 0.1) is 31.7 Å². The highest BCUT2D eigenvalue weighted by atomic mass is 32.1. The largest absolute Gasteiger partial charge is 0.493 e. The standard InChI is InChI=1S/C25H25NO5S/c1-16-21(26-25(31-16)17-6-4-3-5-7-17)10-12-30-22-9-8-18(24-20(22)11-13-32-24)14-19(29-2)15-23(27)28/h3-9,11,13,19H,10,12,14-15H2,1-2H3,(H,27,28)/t19-/m0/s1/i1D3,3D,4D,5D,6D,7D. The van der Waals surface area contributed by atoms with Crippen LogP contribution >= 0.6 is 11.3 Å². The van der Waals surface area contributed by atoms with Crippen molar-refractivity contribution in [2.75, 3.05) is 13.7 Å². The predicted molar refractivity (Wildman–Crippen MR) is 124 cm³/mol. The Hall–Kier alpha value is -3.16. The summed E-state index contributed by atoms with van der Waals surface area (Å²) >= 11 is 1.48. The first kappa shape index (κ1) is 14.1. The second kappa shape index (κ2) is 9.97. The number of carboxylic acids is 1. The van der Waals surface area contributed by atoms with Crippen molar-refractivity contribution in [3.63, 3.8) is 0 Å². The molecule has 0 aliphatic rings. The number of nitrogens with zero attached hydrogens (tertiary/aromatic N) is 1. The van der Waals surface area contributed by atoms with Crippen LogP contribution in [0.25, 0.3) is 21.5 Å². The van der Waals surface area contributed by atoms with Gasteiger partial charge in [0, 0.05) is 39.7 Å².